The molecule has 1 aromatic carbocycles. The minimum Gasteiger partial charge on any atom is -0.166 e. The third-order valence-electron chi connectivity index (χ3n) is 3.38. The molecular weight excluding hydrogens is 273 g/mol. The second-order valence-corrected chi connectivity index (χ2v) is 5.20. The van der Waals surface area contributed by atoms with Crippen LogP contribution in [0.15, 0.2) is 24.3 Å². The lowest BCUT2D eigenvalue weighted by atomic mass is 10.0. The summed E-state index contributed by atoms with van der Waals surface area (Å²) in [5, 5.41) is 0. The van der Waals surface area contributed by atoms with E-state index in [-0.39, 0.29) is 12.0 Å². The Morgan fingerprint density at radius 1 is 0.905 bits per heavy atom. The quantitative estimate of drug-likeness (QED) is 0.427. The van der Waals surface area contributed by atoms with Gasteiger partial charge in [-0.3, -0.25) is 0 Å². The summed E-state index contributed by atoms with van der Waals surface area (Å²) in [5.41, 5.74) is -0.306. The van der Waals surface area contributed by atoms with Crippen LogP contribution < -0.4 is 0 Å². The van der Waals surface area contributed by atoms with E-state index in [4.69, 9.17) is 0 Å². The molecule has 0 atom stereocenters. The van der Waals surface area contributed by atoms with Gasteiger partial charge in [0.15, 0.2) is 0 Å². The van der Waals surface area contributed by atoms with E-state index in [0.717, 1.165) is 25.3 Å². The first-order valence-corrected chi connectivity index (χ1v) is 7.66. The third kappa shape index (κ3) is 7.22. The predicted octanol–water partition coefficient (Wildman–Crippen LogP) is 6.00. The fourth-order valence-corrected chi connectivity index (χ4v) is 2.19. The second-order valence-electron chi connectivity index (χ2n) is 5.20. The molecule has 0 amide bonds. The summed E-state index contributed by atoms with van der Waals surface area (Å²) in [6, 6.07) is 5.66. The van der Waals surface area contributed by atoms with Gasteiger partial charge in [0.05, 0.1) is 5.56 Å². The van der Waals surface area contributed by atoms with Gasteiger partial charge in [-0.2, -0.15) is 13.2 Å². The van der Waals surface area contributed by atoms with E-state index >= 15 is 0 Å². The molecule has 0 bridgehead atoms. The van der Waals surface area contributed by atoms with Gasteiger partial charge in [0, 0.05) is 12.8 Å². The highest BCUT2D eigenvalue weighted by Gasteiger charge is 2.32. The molecule has 21 heavy (non-hydrogen) atoms. The van der Waals surface area contributed by atoms with Crippen molar-refractivity contribution in [3.05, 3.63) is 35.4 Å². The minimum atomic E-state index is -4.29. The van der Waals surface area contributed by atoms with Crippen LogP contribution in [0.4, 0.5) is 13.2 Å². The third-order valence-corrected chi connectivity index (χ3v) is 3.38. The summed E-state index contributed by atoms with van der Waals surface area (Å²) in [4.78, 5) is 0. The van der Waals surface area contributed by atoms with Crippen LogP contribution in [-0.2, 0) is 12.6 Å². The Morgan fingerprint density at radius 3 is 2.29 bits per heavy atom. The van der Waals surface area contributed by atoms with Crippen molar-refractivity contribution < 1.29 is 13.2 Å². The largest absolute Gasteiger partial charge is 0.416 e. The lowest BCUT2D eigenvalue weighted by Gasteiger charge is -2.10. The van der Waals surface area contributed by atoms with E-state index in [1.807, 2.05) is 0 Å². The summed E-state index contributed by atoms with van der Waals surface area (Å²) in [7, 11) is 0. The zero-order chi connectivity index (χ0) is 15.6. The molecule has 0 heterocycles. The highest BCUT2D eigenvalue weighted by molar-refractivity contribution is 5.32. The molecule has 0 spiro atoms. The standard InChI is InChI=1S/C18H23F3/c1-2-3-4-5-6-7-8-9-10-13-16-14-11-12-15-17(16)18(19,20)21/h11-12,14-15H,2-8,13H2,1H3. The number of rotatable bonds is 7. The van der Waals surface area contributed by atoms with Gasteiger partial charge in [0.2, 0.25) is 0 Å². The molecular formula is C18H23F3. The Bertz CT molecular complexity index is 463. The van der Waals surface area contributed by atoms with Gasteiger partial charge in [-0.1, -0.05) is 63.1 Å². The normalized spacial score (nSPS) is 11.0. The molecule has 0 aliphatic heterocycles. The van der Waals surface area contributed by atoms with Gasteiger partial charge in [-0.15, -0.1) is 5.92 Å². The molecule has 116 valence electrons. The number of unbranched alkanes of at least 4 members (excludes halogenated alkanes) is 6. The molecule has 3 heteroatoms. The number of benzene rings is 1. The lowest BCUT2D eigenvalue weighted by molar-refractivity contribution is -0.138. The van der Waals surface area contributed by atoms with Gasteiger partial charge in [-0.05, 0) is 18.1 Å². The zero-order valence-electron chi connectivity index (χ0n) is 12.6. The first-order chi connectivity index (χ1) is 10.1. The molecule has 0 fully saturated rings. The Kier molecular flexibility index (Phi) is 7.97. The zero-order valence-corrected chi connectivity index (χ0v) is 12.6. The Labute approximate surface area is 125 Å². The van der Waals surface area contributed by atoms with E-state index in [1.54, 1.807) is 6.07 Å². The highest BCUT2D eigenvalue weighted by Crippen LogP contribution is 2.31. The van der Waals surface area contributed by atoms with Crippen molar-refractivity contribution in [1.82, 2.24) is 0 Å². The monoisotopic (exact) mass is 296 g/mol. The van der Waals surface area contributed by atoms with E-state index in [2.05, 4.69) is 18.8 Å². The Balaban J connectivity index is 2.35. The summed E-state index contributed by atoms with van der Waals surface area (Å²) >= 11 is 0. The van der Waals surface area contributed by atoms with Crippen molar-refractivity contribution in [3.8, 4) is 11.8 Å². The maximum atomic E-state index is 12.8. The van der Waals surface area contributed by atoms with Crippen molar-refractivity contribution in [2.24, 2.45) is 0 Å². The smallest absolute Gasteiger partial charge is 0.166 e. The SMILES string of the molecule is CCCCCCCCC#CCc1ccccc1C(F)(F)F. The molecule has 0 nitrogen and oxygen atoms in total. The summed E-state index contributed by atoms with van der Waals surface area (Å²) in [6.45, 7) is 2.18. The fourth-order valence-electron chi connectivity index (χ4n) is 2.19. The topological polar surface area (TPSA) is 0 Å². The van der Waals surface area contributed by atoms with Crippen molar-refractivity contribution in [2.75, 3.05) is 0 Å². The average Bonchev–Trinajstić information content (AvgIpc) is 2.45. The molecule has 0 unspecified atom stereocenters. The van der Waals surface area contributed by atoms with Crippen molar-refractivity contribution >= 4 is 0 Å². The highest BCUT2D eigenvalue weighted by atomic mass is 19.4. The first-order valence-electron chi connectivity index (χ1n) is 7.66. The van der Waals surface area contributed by atoms with Crippen molar-refractivity contribution in [2.45, 2.75) is 64.5 Å². The fraction of sp³-hybridized carbons (Fsp3) is 0.556. The maximum absolute atomic E-state index is 12.8. The van der Waals surface area contributed by atoms with Crippen LogP contribution >= 0.6 is 0 Å². The van der Waals surface area contributed by atoms with Crippen LogP contribution in [0.25, 0.3) is 0 Å². The van der Waals surface area contributed by atoms with Gasteiger partial charge in [0.1, 0.15) is 0 Å². The summed E-state index contributed by atoms with van der Waals surface area (Å²) in [6.07, 6.45) is 3.86. The number of hydrogen-bond donors (Lipinski definition) is 0. The maximum Gasteiger partial charge on any atom is 0.416 e. The number of hydrogen-bond acceptors (Lipinski definition) is 0. The molecule has 0 saturated heterocycles. The van der Waals surface area contributed by atoms with E-state index in [9.17, 15) is 13.2 Å². The van der Waals surface area contributed by atoms with Crippen molar-refractivity contribution in [3.63, 3.8) is 0 Å². The van der Waals surface area contributed by atoms with Crippen LogP contribution in [0.3, 0.4) is 0 Å². The van der Waals surface area contributed by atoms with E-state index in [0.29, 0.717) is 0 Å². The van der Waals surface area contributed by atoms with Crippen LogP contribution in [0, 0.1) is 11.8 Å². The molecule has 0 saturated carbocycles. The Morgan fingerprint density at radius 2 is 1.57 bits per heavy atom. The van der Waals surface area contributed by atoms with Gasteiger partial charge in [-0.25, -0.2) is 0 Å². The number of halogens is 3. The van der Waals surface area contributed by atoms with E-state index in [1.165, 1.54) is 37.8 Å². The summed E-state index contributed by atoms with van der Waals surface area (Å²) < 4.78 is 38.3. The molecule has 0 aromatic heterocycles. The second kappa shape index (κ2) is 9.50. The summed E-state index contributed by atoms with van der Waals surface area (Å²) in [5.74, 6) is 5.85. The molecule has 0 aliphatic carbocycles. The minimum absolute atomic E-state index is 0.172. The lowest BCUT2D eigenvalue weighted by Crippen LogP contribution is -2.08. The van der Waals surface area contributed by atoms with Crippen LogP contribution in [0.5, 0.6) is 0 Å². The van der Waals surface area contributed by atoms with Crippen molar-refractivity contribution in [1.29, 1.82) is 0 Å². The van der Waals surface area contributed by atoms with Crippen LogP contribution in [-0.4, -0.2) is 0 Å². The molecule has 1 aromatic rings. The average molecular weight is 296 g/mol. The molecule has 1 rings (SSSR count). The Hall–Kier alpha value is -1.43. The molecule has 0 aliphatic rings. The predicted molar refractivity (Wildman–Crippen MR) is 80.9 cm³/mol. The van der Waals surface area contributed by atoms with Gasteiger partial charge < -0.3 is 0 Å². The van der Waals surface area contributed by atoms with Crippen LogP contribution in [0.2, 0.25) is 0 Å². The first kappa shape index (κ1) is 17.6. The van der Waals surface area contributed by atoms with E-state index < -0.39 is 11.7 Å². The van der Waals surface area contributed by atoms with Gasteiger partial charge in [0.25, 0.3) is 0 Å². The van der Waals surface area contributed by atoms with Gasteiger partial charge >= 0.3 is 6.18 Å². The molecule has 0 N–H and O–H groups in total. The van der Waals surface area contributed by atoms with Crippen LogP contribution in [0.1, 0.15) is 63.0 Å². The molecule has 0 radical (unpaired) electrons. The number of alkyl halides is 3.